The van der Waals surface area contributed by atoms with Crippen LogP contribution in [-0.4, -0.2) is 50.9 Å². The number of para-hydroxylation sites is 2. The Hall–Kier alpha value is -1.08. The minimum absolute atomic E-state index is 0.201. The highest BCUT2D eigenvalue weighted by Gasteiger charge is 2.34. The van der Waals surface area contributed by atoms with Crippen LogP contribution in [0.5, 0.6) is 0 Å². The summed E-state index contributed by atoms with van der Waals surface area (Å²) in [6.45, 7) is 0.201. The van der Waals surface area contributed by atoms with E-state index in [1.54, 1.807) is 0 Å². The molecule has 0 radical (unpaired) electrons. The van der Waals surface area contributed by atoms with Crippen molar-refractivity contribution in [2.75, 3.05) is 12.4 Å². The Labute approximate surface area is 108 Å². The summed E-state index contributed by atoms with van der Waals surface area (Å²) in [7, 11) is 0. The van der Waals surface area contributed by atoms with Crippen molar-refractivity contribution in [3.8, 4) is 0 Å². The van der Waals surface area contributed by atoms with Gasteiger partial charge in [-0.05, 0) is 12.1 Å². The molecule has 2 heterocycles. The Morgan fingerprint density at radius 2 is 2.22 bits per heavy atom. The van der Waals surface area contributed by atoms with Crippen molar-refractivity contribution in [3.63, 3.8) is 0 Å². The highest BCUT2D eigenvalue weighted by Crippen LogP contribution is 2.24. The van der Waals surface area contributed by atoms with Crippen LogP contribution in [0.3, 0.4) is 0 Å². The van der Waals surface area contributed by atoms with E-state index in [4.69, 9.17) is 4.74 Å². The summed E-state index contributed by atoms with van der Waals surface area (Å²) < 4.78 is 5.31. The SMILES string of the molecule is OC1COC(CSc2nc3ccccc3[nH]2)C1O. The Morgan fingerprint density at radius 1 is 1.39 bits per heavy atom. The molecule has 0 spiro atoms. The number of ether oxygens (including phenoxy) is 1. The van der Waals surface area contributed by atoms with Crippen LogP contribution in [0.4, 0.5) is 0 Å². The molecule has 2 aromatic rings. The van der Waals surface area contributed by atoms with Crippen molar-refractivity contribution in [1.82, 2.24) is 9.97 Å². The largest absolute Gasteiger partial charge is 0.388 e. The Kier molecular flexibility index (Phi) is 3.25. The first-order valence-electron chi connectivity index (χ1n) is 5.79. The van der Waals surface area contributed by atoms with Crippen LogP contribution in [0.15, 0.2) is 29.4 Å². The van der Waals surface area contributed by atoms with Crippen LogP contribution < -0.4 is 0 Å². The predicted molar refractivity (Wildman–Crippen MR) is 68.6 cm³/mol. The van der Waals surface area contributed by atoms with Gasteiger partial charge in [-0.1, -0.05) is 23.9 Å². The number of rotatable bonds is 3. The van der Waals surface area contributed by atoms with Gasteiger partial charge in [0.25, 0.3) is 0 Å². The fourth-order valence-corrected chi connectivity index (χ4v) is 2.93. The van der Waals surface area contributed by atoms with Crippen LogP contribution >= 0.6 is 11.8 Å². The molecule has 3 rings (SSSR count). The number of aromatic amines is 1. The summed E-state index contributed by atoms with van der Waals surface area (Å²) >= 11 is 1.49. The third-order valence-corrected chi connectivity index (χ3v) is 3.97. The van der Waals surface area contributed by atoms with E-state index in [0.29, 0.717) is 5.75 Å². The summed E-state index contributed by atoms with van der Waals surface area (Å²) in [6.07, 6.45) is -1.91. The second-order valence-corrected chi connectivity index (χ2v) is 5.31. The molecule has 1 aliphatic rings. The fraction of sp³-hybridized carbons (Fsp3) is 0.417. The van der Waals surface area contributed by atoms with Crippen molar-refractivity contribution in [1.29, 1.82) is 0 Å². The lowest BCUT2D eigenvalue weighted by molar-refractivity contribution is 0.0337. The maximum Gasteiger partial charge on any atom is 0.166 e. The Morgan fingerprint density at radius 3 is 2.94 bits per heavy atom. The van der Waals surface area contributed by atoms with Crippen LogP contribution in [0.25, 0.3) is 11.0 Å². The van der Waals surface area contributed by atoms with Crippen molar-refractivity contribution in [2.45, 2.75) is 23.5 Å². The molecule has 1 aromatic carbocycles. The molecule has 0 bridgehead atoms. The standard InChI is InChI=1S/C12H14N2O3S/c15-9-5-17-10(11(9)16)6-18-12-13-7-3-1-2-4-8(7)14-12/h1-4,9-11,15-16H,5-6H2,(H,13,14). The molecule has 1 aliphatic heterocycles. The number of H-pyrrole nitrogens is 1. The molecule has 3 atom stereocenters. The van der Waals surface area contributed by atoms with Gasteiger partial charge in [-0.15, -0.1) is 0 Å². The molecule has 18 heavy (non-hydrogen) atoms. The molecule has 5 nitrogen and oxygen atoms in total. The first-order valence-corrected chi connectivity index (χ1v) is 6.78. The lowest BCUT2D eigenvalue weighted by atomic mass is 10.2. The highest BCUT2D eigenvalue weighted by atomic mass is 32.2. The Balaban J connectivity index is 1.66. The second-order valence-electron chi connectivity index (χ2n) is 4.30. The molecular formula is C12H14N2O3S. The average Bonchev–Trinajstić information content (AvgIpc) is 2.92. The molecule has 3 N–H and O–H groups in total. The molecule has 0 aliphatic carbocycles. The molecular weight excluding hydrogens is 252 g/mol. The van der Waals surface area contributed by atoms with Crippen LogP contribution in [0.1, 0.15) is 0 Å². The van der Waals surface area contributed by atoms with Crippen molar-refractivity contribution in [2.24, 2.45) is 0 Å². The number of nitrogens with zero attached hydrogens (tertiary/aromatic N) is 1. The number of fused-ring (bicyclic) bond motifs is 1. The van der Waals surface area contributed by atoms with E-state index in [9.17, 15) is 10.2 Å². The number of nitrogens with one attached hydrogen (secondary N) is 1. The zero-order valence-corrected chi connectivity index (χ0v) is 10.4. The van der Waals surface area contributed by atoms with Crippen molar-refractivity contribution < 1.29 is 14.9 Å². The van der Waals surface area contributed by atoms with E-state index in [1.165, 1.54) is 11.8 Å². The lowest BCUT2D eigenvalue weighted by Gasteiger charge is -2.13. The first kappa shape index (κ1) is 12.0. The Bertz CT molecular complexity index is 512. The number of benzene rings is 1. The van der Waals surface area contributed by atoms with Crippen LogP contribution in [0.2, 0.25) is 0 Å². The molecule has 96 valence electrons. The van der Waals surface area contributed by atoms with Gasteiger partial charge in [-0.2, -0.15) is 0 Å². The number of hydrogen-bond acceptors (Lipinski definition) is 5. The third-order valence-electron chi connectivity index (χ3n) is 3.01. The van der Waals surface area contributed by atoms with Gasteiger partial charge in [0, 0.05) is 5.75 Å². The predicted octanol–water partition coefficient (Wildman–Crippen LogP) is 0.776. The summed E-state index contributed by atoms with van der Waals surface area (Å²) in [6, 6.07) is 7.81. The first-order chi connectivity index (χ1) is 8.74. The van der Waals surface area contributed by atoms with Crippen LogP contribution in [-0.2, 0) is 4.74 Å². The highest BCUT2D eigenvalue weighted by molar-refractivity contribution is 7.99. The lowest BCUT2D eigenvalue weighted by Crippen LogP contribution is -2.31. The molecule has 1 fully saturated rings. The number of aliphatic hydroxyl groups is 2. The van der Waals surface area contributed by atoms with E-state index in [2.05, 4.69) is 9.97 Å². The fourth-order valence-electron chi connectivity index (χ4n) is 1.97. The third kappa shape index (κ3) is 2.24. The summed E-state index contributed by atoms with van der Waals surface area (Å²) in [5, 5.41) is 19.8. The van der Waals surface area contributed by atoms with Gasteiger partial charge in [0.1, 0.15) is 12.2 Å². The molecule has 0 amide bonds. The molecule has 1 aromatic heterocycles. The number of aliphatic hydroxyl groups excluding tert-OH is 2. The van der Waals surface area contributed by atoms with Gasteiger partial charge in [0.15, 0.2) is 5.16 Å². The minimum atomic E-state index is -0.804. The summed E-state index contributed by atoms with van der Waals surface area (Å²) in [5.41, 5.74) is 1.92. The molecule has 3 unspecified atom stereocenters. The maximum absolute atomic E-state index is 9.66. The maximum atomic E-state index is 9.66. The van der Waals surface area contributed by atoms with E-state index >= 15 is 0 Å². The quantitative estimate of drug-likeness (QED) is 0.715. The second kappa shape index (κ2) is 4.89. The smallest absolute Gasteiger partial charge is 0.166 e. The normalized spacial score (nSPS) is 28.0. The van der Waals surface area contributed by atoms with Gasteiger partial charge in [-0.25, -0.2) is 4.98 Å². The van der Waals surface area contributed by atoms with Crippen molar-refractivity contribution in [3.05, 3.63) is 24.3 Å². The van der Waals surface area contributed by atoms with Crippen molar-refractivity contribution >= 4 is 22.8 Å². The van der Waals surface area contributed by atoms with E-state index < -0.39 is 12.2 Å². The minimum Gasteiger partial charge on any atom is -0.388 e. The number of aromatic nitrogens is 2. The monoisotopic (exact) mass is 266 g/mol. The van der Waals surface area contributed by atoms with E-state index in [-0.39, 0.29) is 12.7 Å². The van der Waals surface area contributed by atoms with Gasteiger partial charge in [0.05, 0.1) is 23.7 Å². The molecule has 1 saturated heterocycles. The van der Waals surface area contributed by atoms with Gasteiger partial charge >= 0.3 is 0 Å². The topological polar surface area (TPSA) is 78.4 Å². The van der Waals surface area contributed by atoms with Crippen LogP contribution in [0, 0.1) is 0 Å². The van der Waals surface area contributed by atoms with E-state index in [0.717, 1.165) is 16.2 Å². The van der Waals surface area contributed by atoms with Gasteiger partial charge in [0.2, 0.25) is 0 Å². The molecule has 6 heteroatoms. The number of hydrogen-bond donors (Lipinski definition) is 3. The van der Waals surface area contributed by atoms with Gasteiger partial charge < -0.3 is 19.9 Å². The number of thioether (sulfide) groups is 1. The van der Waals surface area contributed by atoms with E-state index in [1.807, 2.05) is 24.3 Å². The van der Waals surface area contributed by atoms with Gasteiger partial charge in [-0.3, -0.25) is 0 Å². The summed E-state index contributed by atoms with van der Waals surface area (Å²) in [4.78, 5) is 7.62. The average molecular weight is 266 g/mol. The zero-order valence-electron chi connectivity index (χ0n) is 9.61. The molecule has 0 saturated carbocycles. The number of imidazole rings is 1. The summed E-state index contributed by atoms with van der Waals surface area (Å²) in [5.74, 6) is 0.568. The zero-order chi connectivity index (χ0) is 12.5.